The number of nitrogens with zero attached hydrogens (tertiary/aromatic N) is 1. The number of halogens is 6. The number of pyridine rings is 1. The van der Waals surface area contributed by atoms with Crippen LogP contribution in [0.25, 0.3) is 0 Å². The highest BCUT2D eigenvalue weighted by molar-refractivity contribution is 5.93. The molecule has 1 rings (SSSR count). The van der Waals surface area contributed by atoms with E-state index in [0.29, 0.717) is 6.07 Å². The monoisotopic (exact) mass is 332 g/mol. The minimum absolute atomic E-state index is 0.258. The van der Waals surface area contributed by atoms with Crippen LogP contribution in [0.2, 0.25) is 0 Å². The molecule has 0 aliphatic carbocycles. The molecular weight excluding hydrogens is 322 g/mol. The molecule has 0 aliphatic rings. The number of esters is 1. The van der Waals surface area contributed by atoms with Gasteiger partial charge in [0.05, 0.1) is 12.3 Å². The van der Waals surface area contributed by atoms with E-state index >= 15 is 0 Å². The Labute approximate surface area is 120 Å². The smallest absolute Gasteiger partial charge is 0.462 e. The van der Waals surface area contributed by atoms with Crippen LogP contribution in [-0.2, 0) is 17.5 Å². The third-order valence-corrected chi connectivity index (χ3v) is 2.22. The van der Waals surface area contributed by atoms with E-state index in [-0.39, 0.29) is 6.61 Å². The summed E-state index contributed by atoms with van der Waals surface area (Å²) in [6.45, 7) is 0.547. The zero-order chi connectivity index (χ0) is 17.1. The number of aromatic nitrogens is 1. The van der Waals surface area contributed by atoms with Crippen molar-refractivity contribution in [3.63, 3.8) is 0 Å². The van der Waals surface area contributed by atoms with Crippen molar-refractivity contribution in [2.24, 2.45) is 5.73 Å². The molecule has 0 amide bonds. The van der Waals surface area contributed by atoms with E-state index in [1.54, 1.807) is 0 Å². The molecule has 0 atom stereocenters. The van der Waals surface area contributed by atoms with E-state index in [9.17, 15) is 31.1 Å². The van der Waals surface area contributed by atoms with Gasteiger partial charge < -0.3 is 15.2 Å². The third-order valence-electron chi connectivity index (χ3n) is 2.22. The van der Waals surface area contributed by atoms with Crippen LogP contribution < -0.4 is 10.5 Å². The maximum Gasteiger partial charge on any atom is 0.573 e. The molecule has 0 radical (unpaired) electrons. The second-order valence-corrected chi connectivity index (χ2v) is 3.81. The van der Waals surface area contributed by atoms with E-state index in [1.165, 1.54) is 6.92 Å². The zero-order valence-electron chi connectivity index (χ0n) is 11.0. The molecule has 2 N–H and O–H groups in total. The average molecular weight is 332 g/mol. The highest BCUT2D eigenvalue weighted by Gasteiger charge is 2.43. The molecule has 0 bridgehead atoms. The normalized spacial score (nSPS) is 12.2. The first-order valence-corrected chi connectivity index (χ1v) is 5.73. The molecule has 0 fully saturated rings. The third kappa shape index (κ3) is 4.48. The molecule has 0 aliphatic heterocycles. The van der Waals surface area contributed by atoms with E-state index in [4.69, 9.17) is 5.73 Å². The number of carbonyl (C=O) groups is 1. The highest BCUT2D eigenvalue weighted by atomic mass is 19.4. The lowest BCUT2D eigenvalue weighted by molar-refractivity contribution is -0.276. The van der Waals surface area contributed by atoms with Gasteiger partial charge in [-0.05, 0) is 13.0 Å². The van der Waals surface area contributed by atoms with Crippen LogP contribution in [-0.4, -0.2) is 23.9 Å². The second kappa shape index (κ2) is 6.38. The number of nitrogens with two attached hydrogens (primary N) is 1. The van der Waals surface area contributed by atoms with Crippen LogP contribution in [0.4, 0.5) is 26.3 Å². The van der Waals surface area contributed by atoms with Crippen molar-refractivity contribution in [3.8, 4) is 5.75 Å². The lowest BCUT2D eigenvalue weighted by Gasteiger charge is -2.18. The number of rotatable bonds is 4. The topological polar surface area (TPSA) is 74.4 Å². The number of hydrogen-bond acceptors (Lipinski definition) is 5. The molecule has 11 heteroatoms. The Hall–Kier alpha value is -2.04. The molecule has 124 valence electrons. The van der Waals surface area contributed by atoms with Crippen molar-refractivity contribution in [1.82, 2.24) is 4.98 Å². The molecule has 1 aromatic rings. The van der Waals surface area contributed by atoms with Gasteiger partial charge in [0.15, 0.2) is 11.4 Å². The number of hydrogen-bond donors (Lipinski definition) is 1. The van der Waals surface area contributed by atoms with Gasteiger partial charge in [-0.3, -0.25) is 0 Å². The van der Waals surface area contributed by atoms with Gasteiger partial charge in [0.1, 0.15) is 5.56 Å². The van der Waals surface area contributed by atoms with Crippen molar-refractivity contribution < 1.29 is 40.6 Å². The van der Waals surface area contributed by atoms with Crippen molar-refractivity contribution >= 4 is 5.97 Å². The molecule has 0 aromatic carbocycles. The Kier molecular flexibility index (Phi) is 5.22. The van der Waals surface area contributed by atoms with Gasteiger partial charge in [0, 0.05) is 6.54 Å². The summed E-state index contributed by atoms with van der Waals surface area (Å²) in [5.41, 5.74) is 1.64. The lowest BCUT2D eigenvalue weighted by atomic mass is 10.1. The fourth-order valence-corrected chi connectivity index (χ4v) is 1.46. The Morgan fingerprint density at radius 3 is 2.27 bits per heavy atom. The van der Waals surface area contributed by atoms with Crippen molar-refractivity contribution in [2.75, 3.05) is 6.61 Å². The van der Waals surface area contributed by atoms with E-state index < -0.39 is 47.8 Å². The Bertz CT molecular complexity index is 556. The summed E-state index contributed by atoms with van der Waals surface area (Å²) < 4.78 is 83.3. The van der Waals surface area contributed by atoms with Gasteiger partial charge in [-0.2, -0.15) is 13.2 Å². The molecule has 1 aromatic heterocycles. The van der Waals surface area contributed by atoms with Gasteiger partial charge in [0.2, 0.25) is 0 Å². The van der Waals surface area contributed by atoms with E-state index in [1.807, 2.05) is 0 Å². The van der Waals surface area contributed by atoms with Gasteiger partial charge in [-0.1, -0.05) is 0 Å². The maximum absolute atomic E-state index is 12.9. The standard InChI is InChI=1S/C11H10F6N2O3/c1-2-21-9(20)6-3-5(4-18)19-8(10(12,13)14)7(6)22-11(15,16)17/h3H,2,4,18H2,1H3. The number of ether oxygens (including phenoxy) is 2. The second-order valence-electron chi connectivity index (χ2n) is 3.81. The van der Waals surface area contributed by atoms with Gasteiger partial charge in [-0.25, -0.2) is 9.78 Å². The first kappa shape index (κ1) is 18.0. The summed E-state index contributed by atoms with van der Waals surface area (Å²) in [5.74, 6) is -3.18. The maximum atomic E-state index is 12.9. The fraction of sp³-hybridized carbons (Fsp3) is 0.455. The zero-order valence-corrected chi connectivity index (χ0v) is 11.0. The predicted molar refractivity (Wildman–Crippen MR) is 59.8 cm³/mol. The molecule has 1 heterocycles. The van der Waals surface area contributed by atoms with Gasteiger partial charge in [0.25, 0.3) is 0 Å². The Morgan fingerprint density at radius 1 is 1.27 bits per heavy atom. The SMILES string of the molecule is CCOC(=O)c1cc(CN)nc(C(F)(F)F)c1OC(F)(F)F. The summed E-state index contributed by atoms with van der Waals surface area (Å²) in [6, 6.07) is 0.661. The highest BCUT2D eigenvalue weighted by Crippen LogP contribution is 2.39. The molecule has 0 saturated carbocycles. The molecule has 5 nitrogen and oxygen atoms in total. The Morgan fingerprint density at radius 2 is 1.86 bits per heavy atom. The molecule has 0 spiro atoms. The predicted octanol–water partition coefficient (Wildman–Crippen LogP) is 2.63. The van der Waals surface area contributed by atoms with Crippen LogP contribution in [0.3, 0.4) is 0 Å². The van der Waals surface area contributed by atoms with Crippen molar-refractivity contribution in [3.05, 3.63) is 23.0 Å². The van der Waals surface area contributed by atoms with Crippen LogP contribution in [0.1, 0.15) is 28.7 Å². The largest absolute Gasteiger partial charge is 0.573 e. The van der Waals surface area contributed by atoms with Crippen molar-refractivity contribution in [2.45, 2.75) is 26.0 Å². The van der Waals surface area contributed by atoms with Crippen LogP contribution in [0.5, 0.6) is 5.75 Å². The van der Waals surface area contributed by atoms with E-state index in [0.717, 1.165) is 0 Å². The van der Waals surface area contributed by atoms with E-state index in [2.05, 4.69) is 14.5 Å². The Balaban J connectivity index is 3.59. The minimum Gasteiger partial charge on any atom is -0.462 e. The summed E-state index contributed by atoms with van der Waals surface area (Å²) in [4.78, 5) is 14.6. The van der Waals surface area contributed by atoms with Crippen LogP contribution >= 0.6 is 0 Å². The first-order chi connectivity index (χ1) is 9.99. The molecule has 0 unspecified atom stereocenters. The van der Waals surface area contributed by atoms with Crippen LogP contribution in [0.15, 0.2) is 6.07 Å². The minimum atomic E-state index is -5.45. The number of alkyl halides is 6. The first-order valence-electron chi connectivity index (χ1n) is 5.73. The van der Waals surface area contributed by atoms with Crippen molar-refractivity contribution in [1.29, 1.82) is 0 Å². The lowest BCUT2D eigenvalue weighted by Crippen LogP contribution is -2.24. The summed E-state index contributed by atoms with van der Waals surface area (Å²) in [7, 11) is 0. The number of carbonyl (C=O) groups excluding carboxylic acids is 1. The van der Waals surface area contributed by atoms with Gasteiger partial charge >= 0.3 is 18.5 Å². The fourth-order valence-electron chi connectivity index (χ4n) is 1.46. The molecule has 22 heavy (non-hydrogen) atoms. The molecular formula is C11H10F6N2O3. The summed E-state index contributed by atoms with van der Waals surface area (Å²) in [5, 5.41) is 0. The summed E-state index contributed by atoms with van der Waals surface area (Å²) >= 11 is 0. The molecule has 0 saturated heterocycles. The van der Waals surface area contributed by atoms with Gasteiger partial charge in [-0.15, -0.1) is 13.2 Å². The quantitative estimate of drug-likeness (QED) is 0.678. The summed E-state index contributed by atoms with van der Waals surface area (Å²) in [6.07, 6.45) is -10.7. The average Bonchev–Trinajstić information content (AvgIpc) is 2.35. The van der Waals surface area contributed by atoms with Crippen LogP contribution in [0, 0.1) is 0 Å².